The first-order valence-corrected chi connectivity index (χ1v) is 4.85. The first kappa shape index (κ1) is 10.3. The minimum Gasteiger partial charge on any atom is -0.448 e. The first-order valence-electron chi connectivity index (χ1n) is 4.85. The highest BCUT2D eigenvalue weighted by Gasteiger charge is 2.15. The highest BCUT2D eigenvalue weighted by atomic mass is 16.5. The predicted octanol–water partition coefficient (Wildman–Crippen LogP) is 0.873. The quantitative estimate of drug-likeness (QED) is 0.687. The van der Waals surface area contributed by atoms with E-state index in [1.54, 1.807) is 0 Å². The number of ether oxygens (including phenoxy) is 1. The van der Waals surface area contributed by atoms with E-state index >= 15 is 0 Å². The molecule has 1 amide bonds. The van der Waals surface area contributed by atoms with Crippen LogP contribution in [0.2, 0.25) is 0 Å². The van der Waals surface area contributed by atoms with E-state index in [0.29, 0.717) is 12.6 Å². The van der Waals surface area contributed by atoms with Gasteiger partial charge in [-0.15, -0.1) is 0 Å². The lowest BCUT2D eigenvalue weighted by Crippen LogP contribution is -2.35. The minimum absolute atomic E-state index is 0.143. The highest BCUT2D eigenvalue weighted by molar-refractivity contribution is 5.67. The monoisotopic (exact) mass is 186 g/mol. The summed E-state index contributed by atoms with van der Waals surface area (Å²) in [6.45, 7) is 5.35. The van der Waals surface area contributed by atoms with E-state index in [1.807, 2.05) is 13.8 Å². The molecule has 13 heavy (non-hydrogen) atoms. The lowest BCUT2D eigenvalue weighted by molar-refractivity contribution is 0.134. The Balaban J connectivity index is 2.07. The lowest BCUT2D eigenvalue weighted by Gasteiger charge is -2.12. The number of amides is 1. The average molecular weight is 186 g/mol. The van der Waals surface area contributed by atoms with Gasteiger partial charge in [-0.3, -0.25) is 0 Å². The minimum atomic E-state index is -0.316. The molecule has 0 radical (unpaired) electrons. The van der Waals surface area contributed by atoms with Crippen LogP contribution in [0.1, 0.15) is 26.7 Å². The number of hydrogen-bond acceptors (Lipinski definition) is 3. The molecule has 1 aliphatic rings. The van der Waals surface area contributed by atoms with Gasteiger partial charge in [0.25, 0.3) is 0 Å². The van der Waals surface area contributed by atoms with Gasteiger partial charge in [-0.25, -0.2) is 4.79 Å². The molecule has 0 aromatic heterocycles. The van der Waals surface area contributed by atoms with Crippen LogP contribution in [-0.4, -0.2) is 31.3 Å². The van der Waals surface area contributed by atoms with E-state index in [9.17, 15) is 4.79 Å². The molecular formula is C9H18N2O2. The summed E-state index contributed by atoms with van der Waals surface area (Å²) in [6, 6.07) is 0.502. The smallest absolute Gasteiger partial charge is 0.407 e. The lowest BCUT2D eigenvalue weighted by atomic mass is 10.2. The van der Waals surface area contributed by atoms with Crippen LogP contribution in [0.3, 0.4) is 0 Å². The third-order valence-electron chi connectivity index (χ3n) is 1.98. The average Bonchev–Trinajstić information content (AvgIpc) is 2.51. The van der Waals surface area contributed by atoms with Crippen molar-refractivity contribution in [2.45, 2.75) is 38.8 Å². The van der Waals surface area contributed by atoms with E-state index < -0.39 is 0 Å². The van der Waals surface area contributed by atoms with Crippen molar-refractivity contribution in [1.29, 1.82) is 0 Å². The molecule has 0 aliphatic carbocycles. The van der Waals surface area contributed by atoms with E-state index in [-0.39, 0.29) is 12.1 Å². The van der Waals surface area contributed by atoms with Crippen molar-refractivity contribution in [3.05, 3.63) is 0 Å². The van der Waals surface area contributed by atoms with Crippen LogP contribution in [0.15, 0.2) is 0 Å². The molecule has 2 N–H and O–H groups in total. The van der Waals surface area contributed by atoms with Crippen molar-refractivity contribution in [3.8, 4) is 0 Å². The number of rotatable bonds is 3. The summed E-state index contributed by atoms with van der Waals surface area (Å²) in [5.74, 6) is 0. The van der Waals surface area contributed by atoms with Gasteiger partial charge in [0.1, 0.15) is 6.61 Å². The van der Waals surface area contributed by atoms with E-state index in [2.05, 4.69) is 10.6 Å². The molecule has 0 aromatic rings. The molecule has 1 saturated heterocycles. The number of carbonyl (C=O) groups is 1. The van der Waals surface area contributed by atoms with Crippen molar-refractivity contribution < 1.29 is 9.53 Å². The maximum Gasteiger partial charge on any atom is 0.407 e. The fraction of sp³-hybridized carbons (Fsp3) is 0.889. The Labute approximate surface area is 79.0 Å². The van der Waals surface area contributed by atoms with Gasteiger partial charge < -0.3 is 15.4 Å². The van der Waals surface area contributed by atoms with Crippen LogP contribution < -0.4 is 10.6 Å². The summed E-state index contributed by atoms with van der Waals surface area (Å²) >= 11 is 0. The fourth-order valence-corrected chi connectivity index (χ4v) is 1.35. The molecule has 1 rings (SSSR count). The molecule has 4 nitrogen and oxygen atoms in total. The van der Waals surface area contributed by atoms with Crippen molar-refractivity contribution in [1.82, 2.24) is 10.6 Å². The van der Waals surface area contributed by atoms with Crippen LogP contribution in [-0.2, 0) is 4.74 Å². The Morgan fingerprint density at radius 3 is 3.00 bits per heavy atom. The SMILES string of the molecule is CC(C)NC(=O)OCC1CCCN1. The van der Waals surface area contributed by atoms with Crippen LogP contribution >= 0.6 is 0 Å². The van der Waals surface area contributed by atoms with Crippen LogP contribution in [0.5, 0.6) is 0 Å². The summed E-state index contributed by atoms with van der Waals surface area (Å²) in [7, 11) is 0. The van der Waals surface area contributed by atoms with Gasteiger partial charge in [0, 0.05) is 12.1 Å². The zero-order chi connectivity index (χ0) is 9.68. The first-order chi connectivity index (χ1) is 6.18. The van der Waals surface area contributed by atoms with Gasteiger partial charge in [-0.05, 0) is 33.2 Å². The summed E-state index contributed by atoms with van der Waals surface area (Å²) < 4.78 is 5.02. The second kappa shape index (κ2) is 5.07. The Morgan fingerprint density at radius 1 is 1.69 bits per heavy atom. The maximum absolute atomic E-state index is 11.0. The molecule has 0 bridgehead atoms. The van der Waals surface area contributed by atoms with Gasteiger partial charge in [0.15, 0.2) is 0 Å². The Morgan fingerprint density at radius 2 is 2.46 bits per heavy atom. The number of nitrogens with one attached hydrogen (secondary N) is 2. The molecule has 1 aliphatic heterocycles. The van der Waals surface area contributed by atoms with Gasteiger partial charge in [-0.2, -0.15) is 0 Å². The number of hydrogen-bond donors (Lipinski definition) is 2. The molecule has 0 spiro atoms. The molecule has 1 heterocycles. The van der Waals surface area contributed by atoms with Gasteiger partial charge in [0.2, 0.25) is 0 Å². The molecule has 76 valence electrons. The third kappa shape index (κ3) is 4.12. The molecule has 1 unspecified atom stereocenters. The summed E-state index contributed by atoms with van der Waals surface area (Å²) in [4.78, 5) is 11.0. The maximum atomic E-state index is 11.0. The number of alkyl carbamates (subject to hydrolysis) is 1. The Bertz CT molecular complexity index is 165. The van der Waals surface area contributed by atoms with Crippen LogP contribution in [0, 0.1) is 0 Å². The Hall–Kier alpha value is -0.770. The largest absolute Gasteiger partial charge is 0.448 e. The van der Waals surface area contributed by atoms with E-state index in [4.69, 9.17) is 4.74 Å². The zero-order valence-electron chi connectivity index (χ0n) is 8.30. The van der Waals surface area contributed by atoms with Crippen molar-refractivity contribution in [2.75, 3.05) is 13.2 Å². The zero-order valence-corrected chi connectivity index (χ0v) is 8.30. The van der Waals surface area contributed by atoms with Gasteiger partial charge >= 0.3 is 6.09 Å². The normalized spacial score (nSPS) is 21.9. The summed E-state index contributed by atoms with van der Waals surface area (Å²) in [5.41, 5.74) is 0. The topological polar surface area (TPSA) is 50.4 Å². The van der Waals surface area contributed by atoms with Gasteiger partial charge in [0.05, 0.1) is 0 Å². The summed E-state index contributed by atoms with van der Waals surface area (Å²) in [5, 5.41) is 5.94. The standard InChI is InChI=1S/C9H18N2O2/c1-7(2)11-9(12)13-6-8-4-3-5-10-8/h7-8,10H,3-6H2,1-2H3,(H,11,12). The second-order valence-corrected chi connectivity index (χ2v) is 3.69. The van der Waals surface area contributed by atoms with Crippen LogP contribution in [0.4, 0.5) is 4.79 Å². The van der Waals surface area contributed by atoms with Gasteiger partial charge in [-0.1, -0.05) is 0 Å². The molecule has 4 heteroatoms. The van der Waals surface area contributed by atoms with Crippen molar-refractivity contribution >= 4 is 6.09 Å². The third-order valence-corrected chi connectivity index (χ3v) is 1.98. The van der Waals surface area contributed by atoms with Crippen molar-refractivity contribution in [3.63, 3.8) is 0 Å². The van der Waals surface area contributed by atoms with Crippen molar-refractivity contribution in [2.24, 2.45) is 0 Å². The second-order valence-electron chi connectivity index (χ2n) is 3.69. The molecular weight excluding hydrogens is 168 g/mol. The van der Waals surface area contributed by atoms with E-state index in [0.717, 1.165) is 13.0 Å². The summed E-state index contributed by atoms with van der Waals surface area (Å²) in [6.07, 6.45) is 1.97. The predicted molar refractivity (Wildman–Crippen MR) is 50.6 cm³/mol. The molecule has 1 fully saturated rings. The molecule has 0 aromatic carbocycles. The van der Waals surface area contributed by atoms with Crippen LogP contribution in [0.25, 0.3) is 0 Å². The fourth-order valence-electron chi connectivity index (χ4n) is 1.35. The van der Waals surface area contributed by atoms with E-state index in [1.165, 1.54) is 6.42 Å². The number of carbonyl (C=O) groups excluding carboxylic acids is 1. The Kier molecular flexibility index (Phi) is 4.02. The molecule has 0 saturated carbocycles. The highest BCUT2D eigenvalue weighted by Crippen LogP contribution is 2.04. The molecule has 1 atom stereocenters.